The molecule has 0 bridgehead atoms. The van der Waals surface area contributed by atoms with Crippen molar-refractivity contribution in [3.8, 4) is 0 Å². The standard InChI is InChI=1S/C15H28N2O/c16-9-10-17(13-4-5-13)14-6-11-18-15(12-14)7-2-1-3-8-15/h13-14H,1-12,16H2. The van der Waals surface area contributed by atoms with Gasteiger partial charge in [0, 0.05) is 31.8 Å². The van der Waals surface area contributed by atoms with Crippen molar-refractivity contribution < 1.29 is 4.74 Å². The van der Waals surface area contributed by atoms with E-state index in [1.165, 1.54) is 57.8 Å². The number of ether oxygens (including phenoxy) is 1. The molecule has 3 rings (SSSR count). The summed E-state index contributed by atoms with van der Waals surface area (Å²) in [6.07, 6.45) is 12.0. The molecule has 2 N–H and O–H groups in total. The largest absolute Gasteiger partial charge is 0.375 e. The molecular weight excluding hydrogens is 224 g/mol. The predicted molar refractivity (Wildman–Crippen MR) is 73.6 cm³/mol. The van der Waals surface area contributed by atoms with Gasteiger partial charge in [0.15, 0.2) is 0 Å². The van der Waals surface area contributed by atoms with Crippen molar-refractivity contribution in [2.45, 2.75) is 75.5 Å². The first kappa shape index (κ1) is 12.9. The van der Waals surface area contributed by atoms with Crippen LogP contribution in [0.1, 0.15) is 57.8 Å². The number of hydrogen-bond donors (Lipinski definition) is 1. The number of nitrogens with zero attached hydrogens (tertiary/aromatic N) is 1. The van der Waals surface area contributed by atoms with Crippen LogP contribution in [0.3, 0.4) is 0 Å². The summed E-state index contributed by atoms with van der Waals surface area (Å²) in [4.78, 5) is 2.71. The molecule has 0 aromatic rings. The van der Waals surface area contributed by atoms with Gasteiger partial charge in [-0.3, -0.25) is 4.90 Å². The van der Waals surface area contributed by atoms with E-state index in [9.17, 15) is 0 Å². The first-order chi connectivity index (χ1) is 8.83. The number of rotatable bonds is 4. The van der Waals surface area contributed by atoms with Crippen molar-refractivity contribution in [1.29, 1.82) is 0 Å². The second-order valence-corrected chi connectivity index (χ2v) is 6.50. The van der Waals surface area contributed by atoms with Crippen LogP contribution in [0.2, 0.25) is 0 Å². The summed E-state index contributed by atoms with van der Waals surface area (Å²) >= 11 is 0. The Morgan fingerprint density at radius 1 is 1.06 bits per heavy atom. The van der Waals surface area contributed by atoms with Crippen molar-refractivity contribution in [2.75, 3.05) is 19.7 Å². The Bertz CT molecular complexity index is 266. The van der Waals surface area contributed by atoms with Crippen LogP contribution < -0.4 is 5.73 Å². The lowest BCUT2D eigenvalue weighted by Crippen LogP contribution is -2.51. The molecule has 1 aliphatic heterocycles. The van der Waals surface area contributed by atoms with Crippen LogP contribution in [-0.2, 0) is 4.74 Å². The van der Waals surface area contributed by atoms with Gasteiger partial charge in [0.25, 0.3) is 0 Å². The van der Waals surface area contributed by atoms with Gasteiger partial charge in [-0.15, -0.1) is 0 Å². The molecule has 0 aromatic heterocycles. The van der Waals surface area contributed by atoms with Gasteiger partial charge >= 0.3 is 0 Å². The minimum atomic E-state index is 0.239. The zero-order valence-corrected chi connectivity index (χ0v) is 11.6. The van der Waals surface area contributed by atoms with Crippen LogP contribution in [0.25, 0.3) is 0 Å². The minimum absolute atomic E-state index is 0.239. The molecule has 1 unspecified atom stereocenters. The monoisotopic (exact) mass is 252 g/mol. The SMILES string of the molecule is NCCN(C1CC1)C1CCOC2(CCCCC2)C1. The Hall–Kier alpha value is -0.120. The third kappa shape index (κ3) is 2.73. The highest BCUT2D eigenvalue weighted by atomic mass is 16.5. The fourth-order valence-corrected chi connectivity index (χ4v) is 4.05. The molecule has 104 valence electrons. The molecule has 1 spiro atoms. The van der Waals surface area contributed by atoms with Crippen LogP contribution in [0.5, 0.6) is 0 Å². The molecule has 0 amide bonds. The maximum Gasteiger partial charge on any atom is 0.0697 e. The Morgan fingerprint density at radius 3 is 2.50 bits per heavy atom. The lowest BCUT2D eigenvalue weighted by molar-refractivity contribution is -0.125. The van der Waals surface area contributed by atoms with Crippen LogP contribution in [0.4, 0.5) is 0 Å². The molecule has 1 heterocycles. The third-order valence-corrected chi connectivity index (χ3v) is 5.10. The second-order valence-electron chi connectivity index (χ2n) is 6.50. The number of hydrogen-bond acceptors (Lipinski definition) is 3. The second kappa shape index (κ2) is 5.48. The molecule has 1 atom stereocenters. The maximum atomic E-state index is 6.21. The van der Waals surface area contributed by atoms with Crippen molar-refractivity contribution in [2.24, 2.45) is 5.73 Å². The summed E-state index contributed by atoms with van der Waals surface area (Å²) in [6.45, 7) is 2.87. The highest BCUT2D eigenvalue weighted by Gasteiger charge is 2.42. The van der Waals surface area contributed by atoms with E-state index in [4.69, 9.17) is 10.5 Å². The van der Waals surface area contributed by atoms with E-state index in [1.54, 1.807) is 0 Å². The summed E-state index contributed by atoms with van der Waals surface area (Å²) in [7, 11) is 0. The normalized spacial score (nSPS) is 32.0. The smallest absolute Gasteiger partial charge is 0.0697 e. The van der Waals surface area contributed by atoms with Gasteiger partial charge in [-0.1, -0.05) is 19.3 Å². The molecule has 18 heavy (non-hydrogen) atoms. The van der Waals surface area contributed by atoms with Crippen molar-refractivity contribution in [3.63, 3.8) is 0 Å². The lowest BCUT2D eigenvalue weighted by atomic mass is 9.78. The Morgan fingerprint density at radius 2 is 1.83 bits per heavy atom. The third-order valence-electron chi connectivity index (χ3n) is 5.10. The average Bonchev–Trinajstić information content (AvgIpc) is 3.21. The quantitative estimate of drug-likeness (QED) is 0.834. The first-order valence-corrected chi connectivity index (χ1v) is 7.93. The molecule has 3 aliphatic rings. The lowest BCUT2D eigenvalue weighted by Gasteiger charge is -2.46. The van der Waals surface area contributed by atoms with E-state index >= 15 is 0 Å². The fourth-order valence-electron chi connectivity index (χ4n) is 4.05. The van der Waals surface area contributed by atoms with Crippen LogP contribution in [0.15, 0.2) is 0 Å². The van der Waals surface area contributed by atoms with Gasteiger partial charge in [0.1, 0.15) is 0 Å². The zero-order valence-electron chi connectivity index (χ0n) is 11.6. The number of nitrogens with two attached hydrogens (primary N) is 1. The molecular formula is C15H28N2O. The van der Waals surface area contributed by atoms with Crippen LogP contribution in [0, 0.1) is 0 Å². The average molecular weight is 252 g/mol. The van der Waals surface area contributed by atoms with Gasteiger partial charge in [-0.05, 0) is 38.5 Å². The van der Waals surface area contributed by atoms with E-state index in [1.807, 2.05) is 0 Å². The van der Waals surface area contributed by atoms with Gasteiger partial charge in [0.2, 0.25) is 0 Å². The summed E-state index contributed by atoms with van der Waals surface area (Å²) in [5, 5.41) is 0. The van der Waals surface area contributed by atoms with Gasteiger partial charge < -0.3 is 10.5 Å². The molecule has 1 saturated heterocycles. The Balaban J connectivity index is 1.64. The van der Waals surface area contributed by atoms with E-state index in [-0.39, 0.29) is 5.60 Å². The van der Waals surface area contributed by atoms with E-state index in [2.05, 4.69) is 4.90 Å². The van der Waals surface area contributed by atoms with E-state index < -0.39 is 0 Å². The predicted octanol–water partition coefficient (Wildman–Crippen LogP) is 2.29. The fraction of sp³-hybridized carbons (Fsp3) is 1.00. The summed E-state index contributed by atoms with van der Waals surface area (Å²) in [5.41, 5.74) is 6.04. The summed E-state index contributed by atoms with van der Waals surface area (Å²) in [6, 6.07) is 1.59. The molecule has 3 nitrogen and oxygen atoms in total. The van der Waals surface area contributed by atoms with Crippen molar-refractivity contribution in [3.05, 3.63) is 0 Å². The Labute approximate surface area is 111 Å². The van der Waals surface area contributed by atoms with Gasteiger partial charge in [-0.2, -0.15) is 0 Å². The van der Waals surface area contributed by atoms with Gasteiger partial charge in [0.05, 0.1) is 5.60 Å². The minimum Gasteiger partial charge on any atom is -0.375 e. The highest BCUT2D eigenvalue weighted by molar-refractivity contribution is 4.96. The maximum absolute atomic E-state index is 6.21. The summed E-state index contributed by atoms with van der Waals surface area (Å²) in [5.74, 6) is 0. The molecule has 3 fully saturated rings. The molecule has 2 aliphatic carbocycles. The molecule has 3 heteroatoms. The van der Waals surface area contributed by atoms with Crippen molar-refractivity contribution >= 4 is 0 Å². The summed E-state index contributed by atoms with van der Waals surface area (Å²) < 4.78 is 6.21. The zero-order chi connectivity index (χ0) is 12.4. The Kier molecular flexibility index (Phi) is 3.92. The van der Waals surface area contributed by atoms with Crippen LogP contribution >= 0.6 is 0 Å². The van der Waals surface area contributed by atoms with Gasteiger partial charge in [-0.25, -0.2) is 0 Å². The van der Waals surface area contributed by atoms with E-state index in [0.717, 1.165) is 31.8 Å². The molecule has 0 radical (unpaired) electrons. The topological polar surface area (TPSA) is 38.5 Å². The molecule has 0 aromatic carbocycles. The first-order valence-electron chi connectivity index (χ1n) is 7.93. The van der Waals surface area contributed by atoms with E-state index in [0.29, 0.717) is 0 Å². The molecule has 2 saturated carbocycles. The van der Waals surface area contributed by atoms with Crippen molar-refractivity contribution in [1.82, 2.24) is 4.90 Å². The van der Waals surface area contributed by atoms with Crippen LogP contribution in [-0.4, -0.2) is 42.3 Å². The highest BCUT2D eigenvalue weighted by Crippen LogP contribution is 2.41.